The highest BCUT2D eigenvalue weighted by molar-refractivity contribution is 5.64. The summed E-state index contributed by atoms with van der Waals surface area (Å²) in [6.07, 6.45) is 1.51. The van der Waals surface area contributed by atoms with Crippen LogP contribution in [0.4, 0.5) is 8.78 Å². The van der Waals surface area contributed by atoms with Crippen molar-refractivity contribution in [3.8, 4) is 17.1 Å². The number of rotatable bonds is 2. The molecule has 5 heteroatoms. The Morgan fingerprint density at radius 2 is 1.76 bits per heavy atom. The lowest BCUT2D eigenvalue weighted by atomic mass is 10.1. The second-order valence-electron chi connectivity index (χ2n) is 3.53. The lowest BCUT2D eigenvalue weighted by molar-refractivity contribution is 0.396. The fourth-order valence-corrected chi connectivity index (χ4v) is 1.49. The molecule has 17 heavy (non-hydrogen) atoms. The number of hydrogen-bond donors (Lipinski definition) is 0. The van der Waals surface area contributed by atoms with Gasteiger partial charge in [-0.3, -0.25) is 0 Å². The van der Waals surface area contributed by atoms with E-state index in [1.807, 2.05) is 0 Å². The van der Waals surface area contributed by atoms with E-state index in [2.05, 4.69) is 9.97 Å². The molecule has 2 rings (SSSR count). The lowest BCUT2D eigenvalue weighted by Gasteiger charge is -2.07. The average Bonchev–Trinajstić information content (AvgIpc) is 2.27. The average molecular weight is 236 g/mol. The number of ether oxygens (including phenoxy) is 1. The second kappa shape index (κ2) is 4.45. The summed E-state index contributed by atoms with van der Waals surface area (Å²) >= 11 is 0. The van der Waals surface area contributed by atoms with E-state index < -0.39 is 11.6 Å². The third-order valence-corrected chi connectivity index (χ3v) is 2.19. The highest BCUT2D eigenvalue weighted by Gasteiger charge is 2.11. The zero-order valence-electron chi connectivity index (χ0n) is 9.37. The van der Waals surface area contributed by atoms with E-state index in [-0.39, 0.29) is 5.88 Å². The van der Waals surface area contributed by atoms with E-state index in [4.69, 9.17) is 4.74 Å². The summed E-state index contributed by atoms with van der Waals surface area (Å²) in [6, 6.07) is 3.17. The molecule has 0 amide bonds. The monoisotopic (exact) mass is 236 g/mol. The SMILES string of the molecule is COc1nc(C)cnc1-c1cc(F)cc(F)c1. The van der Waals surface area contributed by atoms with Gasteiger partial charge in [-0.25, -0.2) is 18.7 Å². The maximum atomic E-state index is 13.1. The normalized spacial score (nSPS) is 10.4. The molecule has 0 aliphatic heterocycles. The molecule has 3 nitrogen and oxygen atoms in total. The molecule has 2 aromatic rings. The fourth-order valence-electron chi connectivity index (χ4n) is 1.49. The van der Waals surface area contributed by atoms with Crippen LogP contribution in [0.3, 0.4) is 0 Å². The molecule has 0 saturated heterocycles. The molecule has 0 spiro atoms. The maximum Gasteiger partial charge on any atom is 0.240 e. The summed E-state index contributed by atoms with van der Waals surface area (Å²) in [6.45, 7) is 1.76. The lowest BCUT2D eigenvalue weighted by Crippen LogP contribution is -1.97. The summed E-state index contributed by atoms with van der Waals surface area (Å²) in [7, 11) is 1.43. The van der Waals surface area contributed by atoms with Crippen LogP contribution in [0.2, 0.25) is 0 Å². The Bertz CT molecular complexity index is 538. The van der Waals surface area contributed by atoms with Crippen molar-refractivity contribution < 1.29 is 13.5 Å². The van der Waals surface area contributed by atoms with Gasteiger partial charge in [-0.05, 0) is 19.1 Å². The zero-order valence-corrected chi connectivity index (χ0v) is 9.37. The third kappa shape index (κ3) is 2.38. The minimum Gasteiger partial charge on any atom is -0.479 e. The van der Waals surface area contributed by atoms with Gasteiger partial charge in [0.1, 0.15) is 17.3 Å². The van der Waals surface area contributed by atoms with Gasteiger partial charge in [-0.15, -0.1) is 0 Å². The van der Waals surface area contributed by atoms with Crippen LogP contribution in [0.25, 0.3) is 11.3 Å². The topological polar surface area (TPSA) is 35.0 Å². The van der Waals surface area contributed by atoms with Crippen LogP contribution in [0.15, 0.2) is 24.4 Å². The van der Waals surface area contributed by atoms with Crippen LogP contribution in [0.5, 0.6) is 5.88 Å². The highest BCUT2D eigenvalue weighted by atomic mass is 19.1. The van der Waals surface area contributed by atoms with Gasteiger partial charge in [0.2, 0.25) is 5.88 Å². The van der Waals surface area contributed by atoms with E-state index in [0.717, 1.165) is 6.07 Å². The molecule has 0 aliphatic rings. The Kier molecular flexibility index (Phi) is 2.99. The molecule has 0 radical (unpaired) electrons. The summed E-state index contributed by atoms with van der Waals surface area (Å²) in [4.78, 5) is 8.18. The standard InChI is InChI=1S/C12H10F2N2O/c1-7-6-15-11(12(16-7)17-2)8-3-9(13)5-10(14)4-8/h3-6H,1-2H3. The molecule has 1 heterocycles. The van der Waals surface area contributed by atoms with Crippen LogP contribution in [0, 0.1) is 18.6 Å². The summed E-state index contributed by atoms with van der Waals surface area (Å²) in [5.74, 6) is -1.08. The predicted octanol–water partition coefficient (Wildman–Crippen LogP) is 2.74. The van der Waals surface area contributed by atoms with Crippen LogP contribution in [0.1, 0.15) is 5.69 Å². The van der Waals surface area contributed by atoms with E-state index in [1.54, 1.807) is 6.92 Å². The molecule has 0 unspecified atom stereocenters. The molecule has 1 aromatic heterocycles. The van der Waals surface area contributed by atoms with Crippen molar-refractivity contribution in [2.45, 2.75) is 6.92 Å². The first kappa shape index (κ1) is 11.4. The second-order valence-corrected chi connectivity index (χ2v) is 3.53. The van der Waals surface area contributed by atoms with Crippen LogP contribution in [-0.2, 0) is 0 Å². The highest BCUT2D eigenvalue weighted by Crippen LogP contribution is 2.27. The van der Waals surface area contributed by atoms with E-state index in [1.165, 1.54) is 25.4 Å². The van der Waals surface area contributed by atoms with Crippen molar-refractivity contribution in [1.29, 1.82) is 0 Å². The van der Waals surface area contributed by atoms with E-state index in [9.17, 15) is 8.78 Å². The molecular formula is C12H10F2N2O. The Hall–Kier alpha value is -2.04. The third-order valence-electron chi connectivity index (χ3n) is 2.19. The van der Waals surface area contributed by atoms with Gasteiger partial charge < -0.3 is 4.74 Å². The molecule has 1 aromatic carbocycles. The Morgan fingerprint density at radius 3 is 2.35 bits per heavy atom. The van der Waals surface area contributed by atoms with Crippen molar-refractivity contribution >= 4 is 0 Å². The molecule has 0 bridgehead atoms. The van der Waals surface area contributed by atoms with Gasteiger partial charge in [-0.2, -0.15) is 0 Å². The minimum atomic E-state index is -0.663. The van der Waals surface area contributed by atoms with E-state index >= 15 is 0 Å². The number of benzene rings is 1. The summed E-state index contributed by atoms with van der Waals surface area (Å²) in [5.41, 5.74) is 1.28. The molecule has 0 aliphatic carbocycles. The van der Waals surface area contributed by atoms with Gasteiger partial charge in [0.25, 0.3) is 0 Å². The van der Waals surface area contributed by atoms with Crippen LogP contribution in [-0.4, -0.2) is 17.1 Å². The Labute approximate surface area is 97.1 Å². The first-order valence-corrected chi connectivity index (χ1v) is 4.94. The van der Waals surface area contributed by atoms with Crippen molar-refractivity contribution in [2.75, 3.05) is 7.11 Å². The molecule has 0 N–H and O–H groups in total. The largest absolute Gasteiger partial charge is 0.479 e. The first-order chi connectivity index (χ1) is 8.10. The number of halogens is 2. The predicted molar refractivity (Wildman–Crippen MR) is 58.7 cm³/mol. The van der Waals surface area contributed by atoms with Gasteiger partial charge in [0.05, 0.1) is 12.8 Å². The molecular weight excluding hydrogens is 226 g/mol. The van der Waals surface area contributed by atoms with Crippen LogP contribution < -0.4 is 4.74 Å². The quantitative estimate of drug-likeness (QED) is 0.804. The summed E-state index contributed by atoms with van der Waals surface area (Å²) in [5, 5.41) is 0. The Morgan fingerprint density at radius 1 is 1.12 bits per heavy atom. The van der Waals surface area contributed by atoms with Crippen molar-refractivity contribution in [3.05, 3.63) is 41.7 Å². The Balaban J connectivity index is 2.59. The maximum absolute atomic E-state index is 13.1. The minimum absolute atomic E-state index is 0.245. The first-order valence-electron chi connectivity index (χ1n) is 4.94. The van der Waals surface area contributed by atoms with Gasteiger partial charge in [0.15, 0.2) is 0 Å². The number of methoxy groups -OCH3 is 1. The smallest absolute Gasteiger partial charge is 0.240 e. The zero-order chi connectivity index (χ0) is 12.4. The van der Waals surface area contributed by atoms with Crippen molar-refractivity contribution in [3.63, 3.8) is 0 Å². The fraction of sp³-hybridized carbons (Fsp3) is 0.167. The molecule has 0 saturated carbocycles. The number of aromatic nitrogens is 2. The van der Waals surface area contributed by atoms with Crippen molar-refractivity contribution in [1.82, 2.24) is 9.97 Å². The molecule has 0 atom stereocenters. The van der Waals surface area contributed by atoms with E-state index in [0.29, 0.717) is 17.0 Å². The molecule has 0 fully saturated rings. The summed E-state index contributed by atoms with van der Waals surface area (Å²) < 4.78 is 31.2. The van der Waals surface area contributed by atoms with Gasteiger partial charge >= 0.3 is 0 Å². The van der Waals surface area contributed by atoms with Gasteiger partial charge in [-0.1, -0.05) is 0 Å². The molecule has 88 valence electrons. The van der Waals surface area contributed by atoms with Crippen molar-refractivity contribution in [2.24, 2.45) is 0 Å². The number of nitrogens with zero attached hydrogens (tertiary/aromatic N) is 2. The van der Waals surface area contributed by atoms with Crippen LogP contribution >= 0.6 is 0 Å². The number of aryl methyl sites for hydroxylation is 1. The number of hydrogen-bond acceptors (Lipinski definition) is 3. The van der Waals surface area contributed by atoms with Gasteiger partial charge in [0, 0.05) is 17.8 Å².